The molecule has 1 N–H and O–H groups in total. The molecule has 1 aromatic carbocycles. The van der Waals surface area contributed by atoms with Gasteiger partial charge in [0.15, 0.2) is 5.01 Å². The van der Waals surface area contributed by atoms with Gasteiger partial charge in [0.1, 0.15) is 0 Å². The highest BCUT2D eigenvalue weighted by molar-refractivity contribution is 7.13. The predicted molar refractivity (Wildman–Crippen MR) is 74.1 cm³/mol. The number of aryl methyl sites for hydroxylation is 2. The van der Waals surface area contributed by atoms with Gasteiger partial charge < -0.3 is 5.32 Å². The smallest absolute Gasteiger partial charge is 0.280 e. The fourth-order valence-corrected chi connectivity index (χ4v) is 2.44. The molecule has 0 radical (unpaired) electrons. The van der Waals surface area contributed by atoms with Crippen LogP contribution in [0.3, 0.4) is 0 Å². The lowest BCUT2D eigenvalue weighted by atomic mass is 10.1. The second-order valence-corrected chi connectivity index (χ2v) is 5.36. The summed E-state index contributed by atoms with van der Waals surface area (Å²) in [5.41, 5.74) is 2.16. The minimum Gasteiger partial charge on any atom is -0.350 e. The Morgan fingerprint density at radius 3 is 2.61 bits per heavy atom. The average Bonchev–Trinajstić information content (AvgIpc) is 2.71. The van der Waals surface area contributed by atoms with E-state index in [1.165, 1.54) is 16.9 Å². The van der Waals surface area contributed by atoms with Gasteiger partial charge in [-0.3, -0.25) is 4.79 Å². The van der Waals surface area contributed by atoms with E-state index in [0.717, 1.165) is 17.0 Å². The molecule has 0 aliphatic carbocycles. The fourth-order valence-electron chi connectivity index (χ4n) is 1.61. The second kappa shape index (κ2) is 5.78. The van der Waals surface area contributed by atoms with Crippen molar-refractivity contribution in [2.45, 2.75) is 20.3 Å². The number of hydrogen-bond acceptors (Lipinski definition) is 3. The van der Waals surface area contributed by atoms with E-state index in [4.69, 9.17) is 0 Å². The van der Waals surface area contributed by atoms with Crippen LogP contribution in [0, 0.1) is 13.8 Å². The van der Waals surface area contributed by atoms with Gasteiger partial charge in [0.05, 0.1) is 5.69 Å². The third-order valence-electron chi connectivity index (χ3n) is 2.76. The van der Waals surface area contributed by atoms with Crippen LogP contribution in [0.5, 0.6) is 0 Å². The summed E-state index contributed by atoms with van der Waals surface area (Å²) in [7, 11) is 0. The van der Waals surface area contributed by atoms with Crippen molar-refractivity contribution in [3.8, 4) is 0 Å². The highest BCUT2D eigenvalue weighted by Gasteiger charge is 2.11. The highest BCUT2D eigenvalue weighted by atomic mass is 32.1. The number of aromatic nitrogens is 1. The Labute approximate surface area is 111 Å². The number of nitrogens with zero attached hydrogens (tertiary/aromatic N) is 1. The van der Waals surface area contributed by atoms with Gasteiger partial charge in [-0.05, 0) is 25.8 Å². The standard InChI is InChI=1S/C14H16N2OS/c1-10-11(2)18-14(16-10)13(17)15-9-8-12-6-4-3-5-7-12/h3-7H,8-9H2,1-2H3,(H,15,17). The van der Waals surface area contributed by atoms with Crippen molar-refractivity contribution in [2.75, 3.05) is 6.54 Å². The van der Waals surface area contributed by atoms with Gasteiger partial charge in [0.2, 0.25) is 0 Å². The van der Waals surface area contributed by atoms with E-state index < -0.39 is 0 Å². The monoisotopic (exact) mass is 260 g/mol. The van der Waals surface area contributed by atoms with Gasteiger partial charge in [-0.15, -0.1) is 11.3 Å². The lowest BCUT2D eigenvalue weighted by molar-refractivity contribution is 0.0953. The van der Waals surface area contributed by atoms with Gasteiger partial charge >= 0.3 is 0 Å². The van der Waals surface area contributed by atoms with Gasteiger partial charge in [-0.2, -0.15) is 0 Å². The van der Waals surface area contributed by atoms with Gasteiger partial charge in [0, 0.05) is 11.4 Å². The lowest BCUT2D eigenvalue weighted by Crippen LogP contribution is -2.25. The van der Waals surface area contributed by atoms with Crippen LogP contribution in [0.25, 0.3) is 0 Å². The van der Waals surface area contributed by atoms with Crippen molar-refractivity contribution < 1.29 is 4.79 Å². The molecule has 0 unspecified atom stereocenters. The van der Waals surface area contributed by atoms with E-state index in [1.54, 1.807) is 0 Å². The Morgan fingerprint density at radius 2 is 2.00 bits per heavy atom. The van der Waals surface area contributed by atoms with Crippen LogP contribution >= 0.6 is 11.3 Å². The zero-order valence-corrected chi connectivity index (χ0v) is 11.4. The summed E-state index contributed by atoms with van der Waals surface area (Å²) in [6, 6.07) is 10.1. The van der Waals surface area contributed by atoms with Crippen molar-refractivity contribution >= 4 is 17.2 Å². The first-order chi connectivity index (χ1) is 8.66. The molecule has 0 aliphatic heterocycles. The number of hydrogen-bond donors (Lipinski definition) is 1. The zero-order valence-electron chi connectivity index (χ0n) is 10.6. The SMILES string of the molecule is Cc1nc(C(=O)NCCc2ccccc2)sc1C. The van der Waals surface area contributed by atoms with E-state index in [1.807, 2.05) is 32.0 Å². The molecule has 94 valence electrons. The van der Waals surface area contributed by atoms with Crippen LogP contribution in [0.2, 0.25) is 0 Å². The van der Waals surface area contributed by atoms with Crippen molar-refractivity contribution in [1.29, 1.82) is 0 Å². The number of carbonyl (C=O) groups is 1. The maximum atomic E-state index is 11.8. The molecule has 2 rings (SSSR count). The molecular weight excluding hydrogens is 244 g/mol. The highest BCUT2D eigenvalue weighted by Crippen LogP contribution is 2.15. The van der Waals surface area contributed by atoms with E-state index in [9.17, 15) is 4.79 Å². The number of carbonyl (C=O) groups excluding carboxylic acids is 1. The van der Waals surface area contributed by atoms with Crippen molar-refractivity contribution in [2.24, 2.45) is 0 Å². The first kappa shape index (κ1) is 12.8. The zero-order chi connectivity index (χ0) is 13.0. The third-order valence-corrected chi connectivity index (χ3v) is 3.84. The second-order valence-electron chi connectivity index (χ2n) is 4.15. The molecule has 4 heteroatoms. The largest absolute Gasteiger partial charge is 0.350 e. The number of nitrogens with one attached hydrogen (secondary N) is 1. The van der Waals surface area contributed by atoms with E-state index >= 15 is 0 Å². The fraction of sp³-hybridized carbons (Fsp3) is 0.286. The van der Waals surface area contributed by atoms with Crippen LogP contribution < -0.4 is 5.32 Å². The number of amides is 1. The Kier molecular flexibility index (Phi) is 4.10. The van der Waals surface area contributed by atoms with Crippen LogP contribution in [-0.2, 0) is 6.42 Å². The Bertz CT molecular complexity index is 514. The molecule has 0 aliphatic rings. The van der Waals surface area contributed by atoms with Crippen LogP contribution in [0.15, 0.2) is 30.3 Å². The molecule has 0 spiro atoms. The minimum atomic E-state index is -0.0767. The molecule has 0 fully saturated rings. The summed E-state index contributed by atoms with van der Waals surface area (Å²) in [4.78, 5) is 17.2. The molecule has 3 nitrogen and oxygen atoms in total. The summed E-state index contributed by atoms with van der Waals surface area (Å²) in [6.07, 6.45) is 0.843. The Morgan fingerprint density at radius 1 is 1.28 bits per heavy atom. The van der Waals surface area contributed by atoms with Crippen LogP contribution in [-0.4, -0.2) is 17.4 Å². The quantitative estimate of drug-likeness (QED) is 0.918. The number of rotatable bonds is 4. The van der Waals surface area contributed by atoms with E-state index in [2.05, 4.69) is 22.4 Å². The molecule has 0 saturated heterocycles. The first-order valence-corrected chi connectivity index (χ1v) is 6.74. The molecule has 1 aromatic heterocycles. The van der Waals surface area contributed by atoms with Gasteiger partial charge in [-0.1, -0.05) is 30.3 Å². The maximum absolute atomic E-state index is 11.8. The lowest BCUT2D eigenvalue weighted by Gasteiger charge is -2.02. The Hall–Kier alpha value is -1.68. The van der Waals surface area contributed by atoms with E-state index in [0.29, 0.717) is 11.6 Å². The van der Waals surface area contributed by atoms with Gasteiger partial charge in [0.25, 0.3) is 5.91 Å². The predicted octanol–water partition coefficient (Wildman–Crippen LogP) is 2.73. The van der Waals surface area contributed by atoms with Crippen molar-refractivity contribution in [1.82, 2.24) is 10.3 Å². The first-order valence-electron chi connectivity index (χ1n) is 5.93. The Balaban J connectivity index is 1.85. The molecule has 0 saturated carbocycles. The van der Waals surface area contributed by atoms with Crippen LogP contribution in [0.1, 0.15) is 25.9 Å². The summed E-state index contributed by atoms with van der Waals surface area (Å²) in [5, 5.41) is 3.45. The van der Waals surface area contributed by atoms with Crippen molar-refractivity contribution in [3.05, 3.63) is 51.5 Å². The average molecular weight is 260 g/mol. The molecule has 18 heavy (non-hydrogen) atoms. The number of thiazole rings is 1. The summed E-state index contributed by atoms with van der Waals surface area (Å²) in [6.45, 7) is 4.54. The summed E-state index contributed by atoms with van der Waals surface area (Å²) in [5.74, 6) is -0.0767. The summed E-state index contributed by atoms with van der Waals surface area (Å²) >= 11 is 1.45. The normalized spacial score (nSPS) is 10.3. The van der Waals surface area contributed by atoms with E-state index in [-0.39, 0.29) is 5.91 Å². The molecule has 1 heterocycles. The molecule has 0 bridgehead atoms. The topological polar surface area (TPSA) is 42.0 Å². The van der Waals surface area contributed by atoms with Gasteiger partial charge in [-0.25, -0.2) is 4.98 Å². The number of benzene rings is 1. The molecule has 2 aromatic rings. The summed E-state index contributed by atoms with van der Waals surface area (Å²) < 4.78 is 0. The van der Waals surface area contributed by atoms with Crippen molar-refractivity contribution in [3.63, 3.8) is 0 Å². The minimum absolute atomic E-state index is 0.0767. The maximum Gasteiger partial charge on any atom is 0.280 e. The molecule has 1 amide bonds. The molecular formula is C14H16N2OS. The molecule has 0 atom stereocenters. The third kappa shape index (κ3) is 3.17. The van der Waals surface area contributed by atoms with Crippen LogP contribution in [0.4, 0.5) is 0 Å².